The fourth-order valence-electron chi connectivity index (χ4n) is 0.665. The summed E-state index contributed by atoms with van der Waals surface area (Å²) in [6, 6.07) is 0. The predicted octanol–water partition coefficient (Wildman–Crippen LogP) is 2.04. The van der Waals surface area contributed by atoms with Gasteiger partial charge in [0.1, 0.15) is 0 Å². The third-order valence-corrected chi connectivity index (χ3v) is 2.17. The van der Waals surface area contributed by atoms with Gasteiger partial charge < -0.3 is 0 Å². The van der Waals surface area contributed by atoms with Gasteiger partial charge in [0.25, 0.3) is 0 Å². The van der Waals surface area contributed by atoms with Crippen LogP contribution in [0.4, 0.5) is 0 Å². The van der Waals surface area contributed by atoms with Crippen LogP contribution in [0.2, 0.25) is 0 Å². The number of aromatic nitrogens is 1. The van der Waals surface area contributed by atoms with Gasteiger partial charge in [0.2, 0.25) is 0 Å². The molecule has 0 aliphatic heterocycles. The van der Waals surface area contributed by atoms with Crippen molar-refractivity contribution in [3.63, 3.8) is 0 Å². The molecule has 2 nitrogen and oxygen atoms in total. The molecule has 0 bridgehead atoms. The van der Waals surface area contributed by atoms with Crippen LogP contribution >= 0.6 is 11.3 Å². The van der Waals surface area contributed by atoms with Crippen LogP contribution in [0.15, 0.2) is 6.20 Å². The highest BCUT2D eigenvalue weighted by molar-refractivity contribution is 7.13. The number of aryl methyl sites for hydroxylation is 1. The molecule has 0 fully saturated rings. The number of nitrogens with zero attached hydrogens (tertiary/aromatic N) is 1. The Kier molecular flexibility index (Phi) is 2.17. The number of Topliss-reactive ketones (excluding diaryl/α,β-unsaturated/α-hetero) is 1. The number of rotatable bonds is 2. The van der Waals surface area contributed by atoms with Crippen molar-refractivity contribution in [2.45, 2.75) is 20.3 Å². The Labute approximate surface area is 63.9 Å². The van der Waals surface area contributed by atoms with Crippen molar-refractivity contribution < 1.29 is 4.79 Å². The van der Waals surface area contributed by atoms with Crippen LogP contribution in [0, 0.1) is 6.92 Å². The molecule has 0 saturated carbocycles. The van der Waals surface area contributed by atoms with Crippen LogP contribution in [0.3, 0.4) is 0 Å². The maximum absolute atomic E-state index is 11.0. The molecule has 0 atom stereocenters. The Bertz CT molecular complexity index is 242. The first kappa shape index (κ1) is 7.41. The minimum absolute atomic E-state index is 0.186. The average molecular weight is 155 g/mol. The monoisotopic (exact) mass is 155 g/mol. The van der Waals surface area contributed by atoms with Gasteiger partial charge in [0, 0.05) is 12.6 Å². The molecular formula is C7H9NOS. The zero-order valence-corrected chi connectivity index (χ0v) is 6.86. The van der Waals surface area contributed by atoms with E-state index in [-0.39, 0.29) is 5.78 Å². The second-order valence-corrected chi connectivity index (χ2v) is 3.26. The van der Waals surface area contributed by atoms with E-state index in [1.165, 1.54) is 11.3 Å². The fourth-order valence-corrected chi connectivity index (χ4v) is 1.45. The lowest BCUT2D eigenvalue weighted by atomic mass is 10.3. The number of hydrogen-bond acceptors (Lipinski definition) is 3. The Hall–Kier alpha value is -0.700. The highest BCUT2D eigenvalue weighted by Crippen LogP contribution is 2.12. The molecule has 0 spiro atoms. The first-order chi connectivity index (χ1) is 4.74. The van der Waals surface area contributed by atoms with Crippen molar-refractivity contribution in [3.8, 4) is 0 Å². The molecule has 3 heteroatoms. The van der Waals surface area contributed by atoms with Crippen molar-refractivity contribution in [1.82, 2.24) is 4.98 Å². The molecule has 0 unspecified atom stereocenters. The van der Waals surface area contributed by atoms with Gasteiger partial charge in [-0.15, -0.1) is 11.3 Å². The topological polar surface area (TPSA) is 30.0 Å². The summed E-state index contributed by atoms with van der Waals surface area (Å²) >= 11 is 1.46. The van der Waals surface area contributed by atoms with Gasteiger partial charge in [-0.3, -0.25) is 4.79 Å². The molecule has 1 rings (SSSR count). The van der Waals surface area contributed by atoms with Crippen LogP contribution < -0.4 is 0 Å². The van der Waals surface area contributed by atoms with E-state index in [2.05, 4.69) is 4.98 Å². The van der Waals surface area contributed by atoms with Crippen LogP contribution in [0.25, 0.3) is 0 Å². The number of carbonyl (C=O) groups excluding carboxylic acids is 1. The van der Waals surface area contributed by atoms with Gasteiger partial charge in [-0.25, -0.2) is 4.98 Å². The molecule has 0 radical (unpaired) electrons. The molecule has 10 heavy (non-hydrogen) atoms. The summed E-state index contributed by atoms with van der Waals surface area (Å²) in [5, 5.41) is 0.955. The van der Waals surface area contributed by atoms with E-state index >= 15 is 0 Å². The van der Waals surface area contributed by atoms with E-state index in [0.717, 1.165) is 9.88 Å². The summed E-state index contributed by atoms with van der Waals surface area (Å²) in [6.07, 6.45) is 2.22. The van der Waals surface area contributed by atoms with E-state index in [4.69, 9.17) is 0 Å². The molecule has 1 aromatic heterocycles. The smallest absolute Gasteiger partial charge is 0.174 e. The van der Waals surface area contributed by atoms with Crippen molar-refractivity contribution >= 4 is 17.1 Å². The maximum Gasteiger partial charge on any atom is 0.174 e. The summed E-state index contributed by atoms with van der Waals surface area (Å²) in [5.41, 5.74) is 0. The molecule has 0 N–H and O–H groups in total. The lowest BCUT2D eigenvalue weighted by Gasteiger charge is -1.85. The first-order valence-electron chi connectivity index (χ1n) is 3.19. The van der Waals surface area contributed by atoms with Crippen molar-refractivity contribution in [2.75, 3.05) is 0 Å². The minimum atomic E-state index is 0.186. The Morgan fingerprint density at radius 2 is 2.50 bits per heavy atom. The van der Waals surface area contributed by atoms with Crippen molar-refractivity contribution in [3.05, 3.63) is 16.1 Å². The third kappa shape index (κ3) is 1.42. The second kappa shape index (κ2) is 2.92. The van der Waals surface area contributed by atoms with E-state index in [0.29, 0.717) is 6.42 Å². The number of ketones is 1. The average Bonchev–Trinajstić information content (AvgIpc) is 2.34. The van der Waals surface area contributed by atoms with Gasteiger partial charge in [-0.05, 0) is 6.92 Å². The van der Waals surface area contributed by atoms with Crippen LogP contribution in [-0.2, 0) is 0 Å². The molecule has 0 aliphatic carbocycles. The third-order valence-electron chi connectivity index (χ3n) is 1.22. The van der Waals surface area contributed by atoms with Crippen LogP contribution in [0.1, 0.15) is 28.0 Å². The van der Waals surface area contributed by atoms with E-state index in [9.17, 15) is 4.79 Å². The molecule has 0 aromatic carbocycles. The summed E-state index contributed by atoms with van der Waals surface area (Å²) in [6.45, 7) is 3.76. The molecule has 0 amide bonds. The van der Waals surface area contributed by atoms with Gasteiger partial charge in [0.05, 0.1) is 9.88 Å². The summed E-state index contributed by atoms with van der Waals surface area (Å²) in [7, 11) is 0. The normalized spacial score (nSPS) is 9.80. The van der Waals surface area contributed by atoms with Gasteiger partial charge in [-0.1, -0.05) is 6.92 Å². The SMILES string of the molecule is CCC(=O)c1cnc(C)s1. The Balaban J connectivity index is 2.85. The van der Waals surface area contributed by atoms with E-state index in [1.807, 2.05) is 13.8 Å². The van der Waals surface area contributed by atoms with Crippen LogP contribution in [0.5, 0.6) is 0 Å². The molecule has 1 heterocycles. The number of thiazole rings is 1. The lowest BCUT2D eigenvalue weighted by Crippen LogP contribution is -1.90. The van der Waals surface area contributed by atoms with Crippen molar-refractivity contribution in [2.24, 2.45) is 0 Å². The Morgan fingerprint density at radius 3 is 2.90 bits per heavy atom. The zero-order valence-electron chi connectivity index (χ0n) is 6.05. The Morgan fingerprint density at radius 1 is 1.80 bits per heavy atom. The van der Waals surface area contributed by atoms with Gasteiger partial charge >= 0.3 is 0 Å². The first-order valence-corrected chi connectivity index (χ1v) is 4.01. The largest absolute Gasteiger partial charge is 0.293 e. The molecule has 1 aromatic rings. The maximum atomic E-state index is 11.0. The standard InChI is InChI=1S/C7H9NOS/c1-3-6(9)7-4-8-5(2)10-7/h4H,3H2,1-2H3. The number of carbonyl (C=O) groups is 1. The predicted molar refractivity (Wildman–Crippen MR) is 41.5 cm³/mol. The summed E-state index contributed by atoms with van der Waals surface area (Å²) < 4.78 is 0. The molecule has 0 saturated heterocycles. The minimum Gasteiger partial charge on any atom is -0.293 e. The van der Waals surface area contributed by atoms with E-state index < -0.39 is 0 Å². The molecule has 54 valence electrons. The highest BCUT2D eigenvalue weighted by atomic mass is 32.1. The zero-order chi connectivity index (χ0) is 7.56. The molecule has 0 aliphatic rings. The fraction of sp³-hybridized carbons (Fsp3) is 0.429. The number of hydrogen-bond donors (Lipinski definition) is 0. The van der Waals surface area contributed by atoms with Crippen molar-refractivity contribution in [1.29, 1.82) is 0 Å². The second-order valence-electron chi connectivity index (χ2n) is 2.02. The summed E-state index contributed by atoms with van der Waals surface area (Å²) in [5.74, 6) is 0.186. The highest BCUT2D eigenvalue weighted by Gasteiger charge is 2.04. The van der Waals surface area contributed by atoms with Gasteiger partial charge in [0.15, 0.2) is 5.78 Å². The van der Waals surface area contributed by atoms with Crippen LogP contribution in [-0.4, -0.2) is 10.8 Å². The quantitative estimate of drug-likeness (QED) is 0.612. The summed E-state index contributed by atoms with van der Waals surface area (Å²) in [4.78, 5) is 15.8. The van der Waals surface area contributed by atoms with Gasteiger partial charge in [-0.2, -0.15) is 0 Å². The molecular weight excluding hydrogens is 146 g/mol. The lowest BCUT2D eigenvalue weighted by molar-refractivity contribution is 0.0992. The van der Waals surface area contributed by atoms with E-state index in [1.54, 1.807) is 6.20 Å².